The van der Waals surface area contributed by atoms with Crippen molar-refractivity contribution in [1.82, 2.24) is 5.32 Å². The number of carbonyl (C=O) groups is 2. The van der Waals surface area contributed by atoms with Crippen LogP contribution in [0.15, 0.2) is 84.6 Å². The monoisotopic (exact) mass is 384 g/mol. The lowest BCUT2D eigenvalue weighted by Gasteiger charge is -2.15. The summed E-state index contributed by atoms with van der Waals surface area (Å²) in [7, 11) is 0. The molecule has 4 heteroatoms. The summed E-state index contributed by atoms with van der Waals surface area (Å²) in [6.45, 7) is 5.82. The molecule has 2 amide bonds. The molecule has 2 N–H and O–H groups in total. The van der Waals surface area contributed by atoms with E-state index in [0.29, 0.717) is 16.8 Å². The number of hydrogen-bond acceptors (Lipinski definition) is 2. The molecule has 0 aromatic heterocycles. The highest BCUT2D eigenvalue weighted by molar-refractivity contribution is 6.12. The van der Waals surface area contributed by atoms with E-state index in [1.807, 2.05) is 75.4 Å². The predicted octanol–water partition coefficient (Wildman–Crippen LogP) is 5.10. The van der Waals surface area contributed by atoms with Gasteiger partial charge >= 0.3 is 0 Å². The molecule has 0 spiro atoms. The molecular formula is C25H24N2O2. The summed E-state index contributed by atoms with van der Waals surface area (Å²) < 4.78 is 0. The molecule has 29 heavy (non-hydrogen) atoms. The van der Waals surface area contributed by atoms with Crippen molar-refractivity contribution in [3.8, 4) is 0 Å². The van der Waals surface area contributed by atoms with Gasteiger partial charge in [0.05, 0.1) is 0 Å². The largest absolute Gasteiger partial charge is 0.321 e. The second-order valence-corrected chi connectivity index (χ2v) is 7.01. The van der Waals surface area contributed by atoms with Crippen molar-refractivity contribution in [2.45, 2.75) is 20.8 Å². The van der Waals surface area contributed by atoms with Gasteiger partial charge in [-0.3, -0.25) is 9.59 Å². The molecule has 0 fully saturated rings. The summed E-state index contributed by atoms with van der Waals surface area (Å²) in [5.74, 6) is -0.692. The van der Waals surface area contributed by atoms with Crippen LogP contribution in [0, 0.1) is 13.8 Å². The van der Waals surface area contributed by atoms with Crippen LogP contribution in [0.1, 0.15) is 34.0 Å². The van der Waals surface area contributed by atoms with Crippen LogP contribution in [0.2, 0.25) is 0 Å². The van der Waals surface area contributed by atoms with Crippen LogP contribution in [0.25, 0.3) is 5.57 Å². The molecule has 0 aliphatic carbocycles. The van der Waals surface area contributed by atoms with E-state index in [1.54, 1.807) is 24.3 Å². The van der Waals surface area contributed by atoms with Gasteiger partial charge in [0, 0.05) is 11.3 Å². The van der Waals surface area contributed by atoms with Gasteiger partial charge in [-0.05, 0) is 56.2 Å². The molecule has 0 saturated heterocycles. The van der Waals surface area contributed by atoms with Crippen LogP contribution in [0.4, 0.5) is 5.69 Å². The fourth-order valence-electron chi connectivity index (χ4n) is 2.87. The first kappa shape index (κ1) is 20.1. The summed E-state index contributed by atoms with van der Waals surface area (Å²) >= 11 is 0. The molecule has 146 valence electrons. The van der Waals surface area contributed by atoms with E-state index >= 15 is 0 Å². The Morgan fingerprint density at radius 2 is 1.24 bits per heavy atom. The maximum atomic E-state index is 13.1. The first-order valence-corrected chi connectivity index (χ1v) is 9.46. The second kappa shape index (κ2) is 9.02. The molecule has 0 radical (unpaired) electrons. The number of aryl methyl sites for hydroxylation is 2. The summed E-state index contributed by atoms with van der Waals surface area (Å²) in [4.78, 5) is 25.8. The Morgan fingerprint density at radius 3 is 1.83 bits per heavy atom. The van der Waals surface area contributed by atoms with Gasteiger partial charge in [0.1, 0.15) is 5.70 Å². The van der Waals surface area contributed by atoms with E-state index in [0.717, 1.165) is 16.7 Å². The highest BCUT2D eigenvalue weighted by atomic mass is 16.2. The number of anilines is 1. The molecule has 0 aliphatic rings. The van der Waals surface area contributed by atoms with Gasteiger partial charge in [-0.1, -0.05) is 65.7 Å². The average Bonchev–Trinajstić information content (AvgIpc) is 2.74. The molecule has 3 aromatic carbocycles. The van der Waals surface area contributed by atoms with Crippen molar-refractivity contribution in [2.24, 2.45) is 0 Å². The lowest BCUT2D eigenvalue weighted by atomic mass is 10.0. The zero-order valence-electron chi connectivity index (χ0n) is 16.8. The van der Waals surface area contributed by atoms with Crippen molar-refractivity contribution in [1.29, 1.82) is 0 Å². The second-order valence-electron chi connectivity index (χ2n) is 7.01. The molecule has 0 saturated carbocycles. The van der Waals surface area contributed by atoms with Crippen LogP contribution in [0.5, 0.6) is 0 Å². The summed E-state index contributed by atoms with van der Waals surface area (Å²) in [5.41, 5.74) is 5.18. The Morgan fingerprint density at radius 1 is 0.690 bits per heavy atom. The number of amides is 2. The number of nitrogens with one attached hydrogen (secondary N) is 2. The predicted molar refractivity (Wildman–Crippen MR) is 117 cm³/mol. The molecule has 0 aliphatic heterocycles. The summed E-state index contributed by atoms with van der Waals surface area (Å²) in [6.07, 6.45) is 0. The van der Waals surface area contributed by atoms with Gasteiger partial charge in [-0.2, -0.15) is 0 Å². The third-order valence-corrected chi connectivity index (χ3v) is 4.67. The number of rotatable bonds is 5. The van der Waals surface area contributed by atoms with E-state index in [2.05, 4.69) is 10.6 Å². The first-order chi connectivity index (χ1) is 13.9. The fraction of sp³-hybridized carbons (Fsp3) is 0.120. The highest BCUT2D eigenvalue weighted by Crippen LogP contribution is 2.20. The van der Waals surface area contributed by atoms with E-state index in [1.165, 1.54) is 0 Å². The van der Waals surface area contributed by atoms with Crippen molar-refractivity contribution >= 4 is 23.1 Å². The maximum absolute atomic E-state index is 13.1. The molecular weight excluding hydrogens is 360 g/mol. The Balaban J connectivity index is 1.94. The van der Waals surface area contributed by atoms with E-state index in [-0.39, 0.29) is 17.5 Å². The topological polar surface area (TPSA) is 58.2 Å². The molecule has 0 atom stereocenters. The lowest BCUT2D eigenvalue weighted by Crippen LogP contribution is -2.31. The smallest absolute Gasteiger partial charge is 0.272 e. The van der Waals surface area contributed by atoms with Crippen molar-refractivity contribution in [2.75, 3.05) is 5.32 Å². The Hall–Kier alpha value is -3.66. The van der Waals surface area contributed by atoms with E-state index in [9.17, 15) is 9.59 Å². The van der Waals surface area contributed by atoms with Gasteiger partial charge in [0.25, 0.3) is 11.8 Å². The third kappa shape index (κ3) is 5.20. The van der Waals surface area contributed by atoms with Gasteiger partial charge in [0.15, 0.2) is 0 Å². The minimum absolute atomic E-state index is 0.225. The third-order valence-electron chi connectivity index (χ3n) is 4.67. The summed E-state index contributed by atoms with van der Waals surface area (Å²) in [6, 6.07) is 24.2. The van der Waals surface area contributed by atoms with E-state index < -0.39 is 0 Å². The number of allylic oxidation sites excluding steroid dienone is 1. The molecule has 4 nitrogen and oxygen atoms in total. The Bertz CT molecular complexity index is 1030. The van der Waals surface area contributed by atoms with Gasteiger partial charge in [-0.25, -0.2) is 0 Å². The molecule has 3 aromatic rings. The standard InChI is InChI=1S/C25H24N2O2/c1-17-9-13-20(14-10-17)19(3)23(27-24(28)21-7-5-4-6-8-21)25(29)26-22-15-11-18(2)12-16-22/h4-16H,1-3H3,(H,26,29)(H,27,28)/b23-19-. The number of benzene rings is 3. The average molecular weight is 384 g/mol. The maximum Gasteiger partial charge on any atom is 0.272 e. The zero-order chi connectivity index (χ0) is 20.8. The quantitative estimate of drug-likeness (QED) is 0.601. The van der Waals surface area contributed by atoms with Crippen LogP contribution < -0.4 is 10.6 Å². The van der Waals surface area contributed by atoms with Gasteiger partial charge in [0.2, 0.25) is 0 Å². The molecule has 0 bridgehead atoms. The molecule has 0 unspecified atom stereocenters. The molecule has 0 heterocycles. The first-order valence-electron chi connectivity index (χ1n) is 9.46. The number of carbonyl (C=O) groups excluding carboxylic acids is 2. The van der Waals surface area contributed by atoms with Crippen LogP contribution in [-0.2, 0) is 4.79 Å². The van der Waals surface area contributed by atoms with Crippen LogP contribution in [-0.4, -0.2) is 11.8 Å². The van der Waals surface area contributed by atoms with Crippen LogP contribution in [0.3, 0.4) is 0 Å². The van der Waals surface area contributed by atoms with Gasteiger partial charge in [-0.15, -0.1) is 0 Å². The summed E-state index contributed by atoms with van der Waals surface area (Å²) in [5, 5.41) is 5.68. The lowest BCUT2D eigenvalue weighted by molar-refractivity contribution is -0.113. The SMILES string of the molecule is C/C(=C(/NC(=O)c1ccccc1)C(=O)Nc1ccc(C)cc1)c1ccc(C)cc1. The fourth-order valence-corrected chi connectivity index (χ4v) is 2.87. The number of hydrogen-bond donors (Lipinski definition) is 2. The van der Waals surface area contributed by atoms with Crippen molar-refractivity contribution < 1.29 is 9.59 Å². The van der Waals surface area contributed by atoms with Crippen LogP contribution >= 0.6 is 0 Å². The van der Waals surface area contributed by atoms with Gasteiger partial charge < -0.3 is 10.6 Å². The Kier molecular flexibility index (Phi) is 6.25. The van der Waals surface area contributed by atoms with Crippen molar-refractivity contribution in [3.63, 3.8) is 0 Å². The normalized spacial score (nSPS) is 11.4. The van der Waals surface area contributed by atoms with E-state index in [4.69, 9.17) is 0 Å². The minimum Gasteiger partial charge on any atom is -0.321 e. The molecule has 3 rings (SSSR count). The minimum atomic E-state index is -0.365. The Labute approximate surface area is 171 Å². The van der Waals surface area contributed by atoms with Crippen molar-refractivity contribution in [3.05, 3.63) is 107 Å². The zero-order valence-corrected chi connectivity index (χ0v) is 16.8. The highest BCUT2D eigenvalue weighted by Gasteiger charge is 2.18.